The minimum absolute atomic E-state index is 0.117. The van der Waals surface area contributed by atoms with Gasteiger partial charge < -0.3 is 25.3 Å². The number of methoxy groups -OCH3 is 1. The Kier molecular flexibility index (Phi) is 11.1. The lowest BCUT2D eigenvalue weighted by molar-refractivity contribution is -0.137. The molecule has 12 heteroatoms. The van der Waals surface area contributed by atoms with E-state index in [4.69, 9.17) is 4.74 Å². The van der Waals surface area contributed by atoms with E-state index in [1.54, 1.807) is 43.5 Å². The maximum Gasteiger partial charge on any atom is 0.416 e. The van der Waals surface area contributed by atoms with Gasteiger partial charge in [-0.1, -0.05) is 24.3 Å². The third-order valence-corrected chi connectivity index (χ3v) is 9.76. The molecule has 2 heterocycles. The van der Waals surface area contributed by atoms with Crippen LogP contribution in [0.4, 0.5) is 24.5 Å². The van der Waals surface area contributed by atoms with Crippen molar-refractivity contribution in [1.82, 2.24) is 10.3 Å². The molecule has 2 amide bonds. The maximum atomic E-state index is 14.0. The quantitative estimate of drug-likeness (QED) is 0.0683. The number of anilines is 2. The number of H-pyrrole nitrogens is 1. The molecule has 0 spiro atoms. The molecule has 6 rings (SSSR count). The zero-order chi connectivity index (χ0) is 36.0. The first kappa shape index (κ1) is 35.7. The van der Waals surface area contributed by atoms with Crippen LogP contribution in [0.2, 0.25) is 0 Å². The van der Waals surface area contributed by atoms with Crippen LogP contribution < -0.4 is 15.5 Å². The lowest BCUT2D eigenvalue weighted by Gasteiger charge is -2.29. The van der Waals surface area contributed by atoms with Crippen molar-refractivity contribution in [3.63, 3.8) is 0 Å². The maximum absolute atomic E-state index is 14.0. The monoisotopic (exact) mass is 714 g/mol. The summed E-state index contributed by atoms with van der Waals surface area (Å²) in [5, 5.41) is 6.19. The topological polar surface area (TPSA) is 104 Å². The lowest BCUT2D eigenvalue weighted by atomic mass is 10.0. The lowest BCUT2D eigenvalue weighted by Crippen LogP contribution is -2.29. The second kappa shape index (κ2) is 15.9. The molecule has 1 fully saturated rings. The van der Waals surface area contributed by atoms with Gasteiger partial charge in [0.25, 0.3) is 11.8 Å². The smallest absolute Gasteiger partial charge is 0.383 e. The summed E-state index contributed by atoms with van der Waals surface area (Å²) < 4.78 is 45.1. The number of carbonyl (C=O) groups excluding carboxylic acids is 3. The second-order valence-corrected chi connectivity index (χ2v) is 13.4. The SMILES string of the molecule is COCCNC(=O)c1cccc(SCc2cccc(C(=O)Nc3ccc(N4CCCCC4)cc3C(=O)c3cc4ccc(C(F)(F)F)cc4[nH]3)c2)c1. The molecule has 0 unspecified atom stereocenters. The summed E-state index contributed by atoms with van der Waals surface area (Å²) in [6.07, 6.45) is -1.35. The number of ketones is 1. The van der Waals surface area contributed by atoms with Crippen molar-refractivity contribution in [1.29, 1.82) is 0 Å². The molecule has 0 atom stereocenters. The zero-order valence-electron chi connectivity index (χ0n) is 27.9. The van der Waals surface area contributed by atoms with Gasteiger partial charge in [-0.3, -0.25) is 14.4 Å². The molecule has 5 aromatic rings. The van der Waals surface area contributed by atoms with Gasteiger partial charge in [-0.05, 0) is 91.6 Å². The molecule has 8 nitrogen and oxygen atoms in total. The molecular weight excluding hydrogens is 678 g/mol. The number of nitrogens with zero attached hydrogens (tertiary/aromatic N) is 1. The summed E-state index contributed by atoms with van der Waals surface area (Å²) in [4.78, 5) is 46.1. The highest BCUT2D eigenvalue weighted by Crippen LogP contribution is 2.33. The molecule has 0 saturated carbocycles. The van der Waals surface area contributed by atoms with E-state index in [-0.39, 0.29) is 22.7 Å². The summed E-state index contributed by atoms with van der Waals surface area (Å²) in [5.41, 5.74) is 2.67. The van der Waals surface area contributed by atoms with Gasteiger partial charge in [0, 0.05) is 70.7 Å². The molecule has 1 aliphatic rings. The number of aromatic nitrogens is 1. The molecule has 3 N–H and O–H groups in total. The largest absolute Gasteiger partial charge is 0.416 e. The number of rotatable bonds is 12. The van der Waals surface area contributed by atoms with Gasteiger partial charge in [0.15, 0.2) is 0 Å². The van der Waals surface area contributed by atoms with Crippen molar-refractivity contribution in [3.8, 4) is 0 Å². The summed E-state index contributed by atoms with van der Waals surface area (Å²) >= 11 is 1.53. The fraction of sp³-hybridized carbons (Fsp3) is 0.256. The number of amides is 2. The van der Waals surface area contributed by atoms with Gasteiger partial charge in [0.05, 0.1) is 23.6 Å². The number of alkyl halides is 3. The van der Waals surface area contributed by atoms with Crippen molar-refractivity contribution >= 4 is 51.6 Å². The number of fused-ring (bicyclic) bond motifs is 1. The van der Waals surface area contributed by atoms with Gasteiger partial charge in [-0.15, -0.1) is 11.8 Å². The number of hydrogen-bond donors (Lipinski definition) is 3. The molecule has 4 aromatic carbocycles. The molecule has 0 aliphatic carbocycles. The summed E-state index contributed by atoms with van der Waals surface area (Å²) in [5.74, 6) is -0.507. The first-order valence-electron chi connectivity index (χ1n) is 16.6. The molecule has 0 bridgehead atoms. The van der Waals surface area contributed by atoms with E-state index in [1.165, 1.54) is 23.9 Å². The highest BCUT2D eigenvalue weighted by atomic mass is 32.2. The molecule has 1 aliphatic heterocycles. The van der Waals surface area contributed by atoms with Crippen LogP contribution in [0.1, 0.15) is 67.2 Å². The molecule has 264 valence electrons. The van der Waals surface area contributed by atoms with Crippen molar-refractivity contribution < 1.29 is 32.3 Å². The van der Waals surface area contributed by atoms with E-state index < -0.39 is 23.4 Å². The number of aromatic amines is 1. The van der Waals surface area contributed by atoms with Crippen molar-refractivity contribution in [2.45, 2.75) is 36.1 Å². The molecule has 1 aromatic heterocycles. The van der Waals surface area contributed by atoms with Crippen LogP contribution in [-0.2, 0) is 16.7 Å². The Morgan fingerprint density at radius 3 is 2.39 bits per heavy atom. The first-order valence-corrected chi connectivity index (χ1v) is 17.6. The number of piperidine rings is 1. The Labute approximate surface area is 297 Å². The number of benzene rings is 4. The molecular formula is C39H37F3N4O4S. The van der Waals surface area contributed by atoms with Crippen LogP contribution in [0.25, 0.3) is 10.9 Å². The van der Waals surface area contributed by atoms with Crippen LogP contribution in [-0.4, -0.2) is 55.9 Å². The normalized spacial score (nSPS) is 13.3. The number of ether oxygens (including phenoxy) is 1. The predicted molar refractivity (Wildman–Crippen MR) is 194 cm³/mol. The average Bonchev–Trinajstić information content (AvgIpc) is 3.58. The van der Waals surface area contributed by atoms with Crippen LogP contribution in [0.3, 0.4) is 0 Å². The van der Waals surface area contributed by atoms with Crippen molar-refractivity contribution in [2.24, 2.45) is 0 Å². The average molecular weight is 715 g/mol. The number of carbonyl (C=O) groups is 3. The number of hydrogen-bond acceptors (Lipinski definition) is 6. The van der Waals surface area contributed by atoms with Crippen LogP contribution >= 0.6 is 11.8 Å². The molecule has 0 radical (unpaired) electrons. The zero-order valence-corrected chi connectivity index (χ0v) is 28.8. The first-order chi connectivity index (χ1) is 24.6. The van der Waals surface area contributed by atoms with Gasteiger partial charge in [0.1, 0.15) is 0 Å². The minimum atomic E-state index is -4.52. The van der Waals surface area contributed by atoms with E-state index >= 15 is 0 Å². The Morgan fingerprint density at radius 2 is 1.63 bits per heavy atom. The van der Waals surface area contributed by atoms with Gasteiger partial charge in [0.2, 0.25) is 5.78 Å². The van der Waals surface area contributed by atoms with Crippen LogP contribution in [0, 0.1) is 0 Å². The van der Waals surface area contributed by atoms with Gasteiger partial charge in [-0.25, -0.2) is 0 Å². The summed E-state index contributed by atoms with van der Waals surface area (Å²) in [7, 11) is 1.57. The van der Waals surface area contributed by atoms with Crippen molar-refractivity contribution in [3.05, 3.63) is 125 Å². The van der Waals surface area contributed by atoms with Crippen LogP contribution in [0.15, 0.2) is 95.9 Å². The Hall–Kier alpha value is -5.07. The highest BCUT2D eigenvalue weighted by molar-refractivity contribution is 7.98. The third kappa shape index (κ3) is 8.81. The van der Waals surface area contributed by atoms with E-state index in [9.17, 15) is 27.6 Å². The Balaban J connectivity index is 1.21. The summed E-state index contributed by atoms with van der Waals surface area (Å²) in [6, 6.07) is 24.6. The van der Waals surface area contributed by atoms with E-state index in [0.29, 0.717) is 41.1 Å². The van der Waals surface area contributed by atoms with E-state index in [1.807, 2.05) is 30.3 Å². The Bertz CT molecular complexity index is 2060. The fourth-order valence-corrected chi connectivity index (χ4v) is 6.91. The number of nitrogens with one attached hydrogen (secondary N) is 3. The van der Waals surface area contributed by atoms with E-state index in [0.717, 1.165) is 60.6 Å². The summed E-state index contributed by atoms with van der Waals surface area (Å²) in [6.45, 7) is 2.50. The fourth-order valence-electron chi connectivity index (χ4n) is 6.01. The van der Waals surface area contributed by atoms with Gasteiger partial charge >= 0.3 is 6.18 Å². The highest BCUT2D eigenvalue weighted by Gasteiger charge is 2.31. The molecule has 1 saturated heterocycles. The van der Waals surface area contributed by atoms with E-state index in [2.05, 4.69) is 20.5 Å². The van der Waals surface area contributed by atoms with Gasteiger partial charge in [-0.2, -0.15) is 13.2 Å². The number of halogens is 3. The Morgan fingerprint density at radius 1 is 0.863 bits per heavy atom. The minimum Gasteiger partial charge on any atom is -0.383 e. The van der Waals surface area contributed by atoms with Crippen LogP contribution in [0.5, 0.6) is 0 Å². The number of thioether (sulfide) groups is 1. The standard InChI is InChI=1S/C39H37F3N4O4S/c1-50-18-15-43-37(48)28-9-6-10-31(20-28)51-24-25-7-5-8-27(19-25)38(49)45-33-14-13-30(46-16-3-2-4-17-46)23-32(33)36(47)35-21-26-11-12-29(39(40,41)42)22-34(26)44-35/h5-14,19-23,44H,2-4,15-18,24H2,1H3,(H,43,48)(H,45,49). The third-order valence-electron chi connectivity index (χ3n) is 8.69. The van der Waals surface area contributed by atoms with Crippen molar-refractivity contribution in [2.75, 3.05) is 43.6 Å². The molecule has 51 heavy (non-hydrogen) atoms. The predicted octanol–water partition coefficient (Wildman–Crippen LogP) is 8.33. The second-order valence-electron chi connectivity index (χ2n) is 12.3.